The first-order valence-electron chi connectivity index (χ1n) is 8.45. The summed E-state index contributed by atoms with van der Waals surface area (Å²) in [7, 11) is 0. The van der Waals surface area contributed by atoms with Crippen molar-refractivity contribution in [3.05, 3.63) is 76.7 Å². The second-order valence-corrected chi connectivity index (χ2v) is 7.36. The molecule has 26 heavy (non-hydrogen) atoms. The molecule has 2 heterocycles. The molecule has 0 radical (unpaired) electrons. The van der Waals surface area contributed by atoms with Crippen LogP contribution in [0.25, 0.3) is 21.1 Å². The Morgan fingerprint density at radius 2 is 2.12 bits per heavy atom. The van der Waals surface area contributed by atoms with E-state index in [2.05, 4.69) is 47.1 Å². The zero-order valence-electron chi connectivity index (χ0n) is 14.7. The number of para-hydroxylation sites is 1. The molecule has 1 amide bonds. The Bertz CT molecular complexity index is 1220. The van der Waals surface area contributed by atoms with Gasteiger partial charge in [0, 0.05) is 23.6 Å². The predicted octanol–water partition coefficient (Wildman–Crippen LogP) is 4.73. The predicted molar refractivity (Wildman–Crippen MR) is 108 cm³/mol. The maximum Gasteiger partial charge on any atom is 0.281 e. The van der Waals surface area contributed by atoms with Gasteiger partial charge in [-0.15, -0.1) is 6.58 Å². The van der Waals surface area contributed by atoms with Crippen molar-refractivity contribution < 1.29 is 4.79 Å². The quantitative estimate of drug-likeness (QED) is 0.527. The van der Waals surface area contributed by atoms with E-state index in [1.165, 1.54) is 11.1 Å². The van der Waals surface area contributed by atoms with E-state index in [4.69, 9.17) is 0 Å². The molecule has 0 fully saturated rings. The molecule has 0 aliphatic rings. The maximum absolute atomic E-state index is 12.9. The maximum atomic E-state index is 12.9. The van der Waals surface area contributed by atoms with Crippen molar-refractivity contribution in [2.24, 2.45) is 4.99 Å². The van der Waals surface area contributed by atoms with E-state index < -0.39 is 0 Å². The van der Waals surface area contributed by atoms with Crippen LogP contribution < -0.4 is 4.80 Å². The Morgan fingerprint density at radius 3 is 2.92 bits per heavy atom. The normalized spacial score (nSPS) is 12.2. The van der Waals surface area contributed by atoms with Crippen LogP contribution in [0, 0.1) is 13.8 Å². The van der Waals surface area contributed by atoms with Gasteiger partial charge in [-0.2, -0.15) is 4.99 Å². The molecule has 130 valence electrons. The number of H-pyrrole nitrogens is 1. The SMILES string of the molecule is C=CCn1c(=NC(=O)c2c[nH]c3ccccc23)sc2c(C)cc(C)cc21. The zero-order chi connectivity index (χ0) is 18.3. The number of hydrogen-bond acceptors (Lipinski definition) is 2. The van der Waals surface area contributed by atoms with E-state index in [9.17, 15) is 4.79 Å². The highest BCUT2D eigenvalue weighted by molar-refractivity contribution is 7.16. The average molecular weight is 361 g/mol. The minimum absolute atomic E-state index is 0.235. The highest BCUT2D eigenvalue weighted by atomic mass is 32.1. The molecule has 0 aliphatic carbocycles. The van der Waals surface area contributed by atoms with Crippen molar-refractivity contribution in [1.82, 2.24) is 9.55 Å². The van der Waals surface area contributed by atoms with Crippen LogP contribution in [0.2, 0.25) is 0 Å². The van der Waals surface area contributed by atoms with Gasteiger partial charge in [0.05, 0.1) is 15.8 Å². The Kier molecular flexibility index (Phi) is 4.09. The lowest BCUT2D eigenvalue weighted by atomic mass is 10.1. The van der Waals surface area contributed by atoms with E-state index in [0.29, 0.717) is 16.9 Å². The molecule has 0 aliphatic heterocycles. The Hall–Kier alpha value is -2.92. The molecule has 0 bridgehead atoms. The molecule has 0 spiro atoms. The number of rotatable bonds is 3. The van der Waals surface area contributed by atoms with Crippen molar-refractivity contribution in [2.45, 2.75) is 20.4 Å². The highest BCUT2D eigenvalue weighted by Crippen LogP contribution is 2.24. The van der Waals surface area contributed by atoms with Crippen LogP contribution >= 0.6 is 11.3 Å². The number of aromatic amines is 1. The van der Waals surface area contributed by atoms with Gasteiger partial charge in [-0.1, -0.05) is 41.7 Å². The molecular formula is C21H19N3OS. The van der Waals surface area contributed by atoms with Gasteiger partial charge >= 0.3 is 0 Å². The number of aromatic nitrogens is 2. The first-order valence-corrected chi connectivity index (χ1v) is 9.27. The van der Waals surface area contributed by atoms with Gasteiger partial charge in [-0.05, 0) is 37.1 Å². The summed E-state index contributed by atoms with van der Waals surface area (Å²) in [6.07, 6.45) is 3.57. The van der Waals surface area contributed by atoms with Crippen molar-refractivity contribution >= 4 is 38.4 Å². The fraction of sp³-hybridized carbons (Fsp3) is 0.143. The molecule has 2 aromatic heterocycles. The first-order chi connectivity index (χ1) is 12.6. The molecule has 0 saturated carbocycles. The van der Waals surface area contributed by atoms with Crippen LogP contribution in [0.3, 0.4) is 0 Å². The molecule has 5 heteroatoms. The van der Waals surface area contributed by atoms with Gasteiger partial charge in [0.15, 0.2) is 4.80 Å². The van der Waals surface area contributed by atoms with E-state index in [-0.39, 0.29) is 5.91 Å². The smallest absolute Gasteiger partial charge is 0.281 e. The van der Waals surface area contributed by atoms with Crippen LogP contribution in [0.15, 0.2) is 60.2 Å². The third kappa shape index (κ3) is 2.70. The van der Waals surface area contributed by atoms with Crippen LogP contribution in [-0.2, 0) is 6.54 Å². The highest BCUT2D eigenvalue weighted by Gasteiger charge is 2.13. The molecule has 1 N–H and O–H groups in total. The number of hydrogen-bond donors (Lipinski definition) is 1. The molecule has 0 atom stereocenters. The molecule has 4 aromatic rings. The number of amides is 1. The molecule has 4 rings (SSSR count). The number of carbonyl (C=O) groups excluding carboxylic acids is 1. The average Bonchev–Trinajstić information content (AvgIpc) is 3.18. The lowest BCUT2D eigenvalue weighted by Crippen LogP contribution is -2.16. The van der Waals surface area contributed by atoms with E-state index in [1.54, 1.807) is 17.5 Å². The van der Waals surface area contributed by atoms with Crippen molar-refractivity contribution in [3.8, 4) is 0 Å². The van der Waals surface area contributed by atoms with Gasteiger partial charge in [-0.25, -0.2) is 0 Å². The number of fused-ring (bicyclic) bond motifs is 2. The fourth-order valence-corrected chi connectivity index (χ4v) is 4.39. The monoisotopic (exact) mass is 361 g/mol. The van der Waals surface area contributed by atoms with Crippen LogP contribution in [0.1, 0.15) is 21.5 Å². The van der Waals surface area contributed by atoms with E-state index in [0.717, 1.165) is 21.1 Å². The summed E-state index contributed by atoms with van der Waals surface area (Å²) in [5, 5.41) is 0.893. The van der Waals surface area contributed by atoms with Gasteiger partial charge < -0.3 is 9.55 Å². The van der Waals surface area contributed by atoms with Gasteiger partial charge in [0.25, 0.3) is 5.91 Å². The van der Waals surface area contributed by atoms with Crippen LogP contribution in [-0.4, -0.2) is 15.5 Å². The lowest BCUT2D eigenvalue weighted by Gasteiger charge is -2.03. The van der Waals surface area contributed by atoms with E-state index >= 15 is 0 Å². The lowest BCUT2D eigenvalue weighted by molar-refractivity contribution is 0.0999. The topological polar surface area (TPSA) is 50.1 Å². The minimum atomic E-state index is -0.235. The van der Waals surface area contributed by atoms with Crippen molar-refractivity contribution in [3.63, 3.8) is 0 Å². The molecule has 0 saturated heterocycles. The number of benzene rings is 2. The fourth-order valence-electron chi connectivity index (χ4n) is 3.30. The van der Waals surface area contributed by atoms with Gasteiger partial charge in [-0.3, -0.25) is 4.79 Å². The summed E-state index contributed by atoms with van der Waals surface area (Å²) < 4.78 is 3.21. The minimum Gasteiger partial charge on any atom is -0.360 e. The number of carbonyl (C=O) groups is 1. The molecule has 2 aromatic carbocycles. The summed E-state index contributed by atoms with van der Waals surface area (Å²) >= 11 is 1.55. The molecule has 0 unspecified atom stereocenters. The number of nitrogens with one attached hydrogen (secondary N) is 1. The summed E-state index contributed by atoms with van der Waals surface area (Å²) in [5.41, 5.74) is 5.02. The Morgan fingerprint density at radius 1 is 1.31 bits per heavy atom. The second kappa shape index (κ2) is 6.42. The first kappa shape index (κ1) is 16.5. The number of allylic oxidation sites excluding steroid dienone is 1. The Labute approximate surface area is 155 Å². The zero-order valence-corrected chi connectivity index (χ0v) is 15.6. The van der Waals surface area contributed by atoms with Crippen molar-refractivity contribution in [2.75, 3.05) is 0 Å². The summed E-state index contributed by atoms with van der Waals surface area (Å²) in [6, 6.07) is 12.1. The van der Waals surface area contributed by atoms with Gasteiger partial charge in [0.2, 0.25) is 0 Å². The van der Waals surface area contributed by atoms with Crippen LogP contribution in [0.4, 0.5) is 0 Å². The molecular weight excluding hydrogens is 342 g/mol. The van der Waals surface area contributed by atoms with Gasteiger partial charge in [0.1, 0.15) is 0 Å². The third-order valence-electron chi connectivity index (χ3n) is 4.44. The van der Waals surface area contributed by atoms with E-state index in [1.807, 2.05) is 30.3 Å². The third-order valence-corrected chi connectivity index (χ3v) is 5.67. The van der Waals surface area contributed by atoms with Crippen molar-refractivity contribution in [1.29, 1.82) is 0 Å². The largest absolute Gasteiger partial charge is 0.360 e. The Balaban J connectivity index is 1.92. The number of thiazole rings is 1. The number of aryl methyl sites for hydroxylation is 2. The summed E-state index contributed by atoms with van der Waals surface area (Å²) in [6.45, 7) is 8.64. The van der Waals surface area contributed by atoms with Crippen LogP contribution in [0.5, 0.6) is 0 Å². The number of nitrogens with zero attached hydrogens (tertiary/aromatic N) is 2. The standard InChI is InChI=1S/C21H19N3OS/c1-4-9-24-18-11-13(2)10-14(3)19(18)26-21(24)23-20(25)16-12-22-17-8-6-5-7-15(16)17/h4-8,10-12,22H,1,9H2,2-3H3. The second-order valence-electron chi connectivity index (χ2n) is 6.38. The molecule has 4 nitrogen and oxygen atoms in total. The summed E-state index contributed by atoms with van der Waals surface area (Å²) in [4.78, 5) is 21.1. The summed E-state index contributed by atoms with van der Waals surface area (Å²) in [5.74, 6) is -0.235.